The van der Waals surface area contributed by atoms with Crippen molar-refractivity contribution < 1.29 is 0 Å². The van der Waals surface area contributed by atoms with Crippen LogP contribution in [-0.4, -0.2) is 12.8 Å². The molecule has 0 aliphatic heterocycles. The molecule has 0 aliphatic rings. The molecule has 0 nitrogen and oxygen atoms in total. The summed E-state index contributed by atoms with van der Waals surface area (Å²) in [5.41, 5.74) is 1.45. The fourth-order valence-electron chi connectivity index (χ4n) is 1.16. The van der Waals surface area contributed by atoms with Crippen molar-refractivity contribution in [3.05, 3.63) is 29.8 Å². The summed E-state index contributed by atoms with van der Waals surface area (Å²) in [6.07, 6.45) is 1.29. The van der Waals surface area contributed by atoms with Gasteiger partial charge in [-0.15, -0.1) is 0 Å². The van der Waals surface area contributed by atoms with E-state index in [1.807, 2.05) is 0 Å². The van der Waals surface area contributed by atoms with Crippen molar-refractivity contribution in [1.82, 2.24) is 0 Å². The standard InChI is InChI=1S/C10H15P/c1-4-11(3)10-8-6-5-7-9(10)2/h5-8H,4H2,1-3H3. The molecule has 11 heavy (non-hydrogen) atoms. The van der Waals surface area contributed by atoms with Gasteiger partial charge in [-0.1, -0.05) is 39.1 Å². The summed E-state index contributed by atoms with van der Waals surface area (Å²) in [7, 11) is 0.106. The van der Waals surface area contributed by atoms with E-state index in [9.17, 15) is 0 Å². The molecule has 0 heterocycles. The summed E-state index contributed by atoms with van der Waals surface area (Å²) in [5.74, 6) is 0. The van der Waals surface area contributed by atoms with Crippen molar-refractivity contribution in [3.8, 4) is 0 Å². The SMILES string of the molecule is CCP(C)c1ccccc1C. The van der Waals surface area contributed by atoms with E-state index in [2.05, 4.69) is 44.8 Å². The van der Waals surface area contributed by atoms with E-state index in [1.165, 1.54) is 11.7 Å². The molecule has 0 saturated carbocycles. The predicted octanol–water partition coefficient (Wildman–Crippen LogP) is 2.75. The molecule has 1 heteroatoms. The van der Waals surface area contributed by atoms with Crippen LogP contribution < -0.4 is 5.30 Å². The highest BCUT2D eigenvalue weighted by molar-refractivity contribution is 7.64. The lowest BCUT2D eigenvalue weighted by Gasteiger charge is -2.11. The first kappa shape index (κ1) is 8.74. The molecule has 0 spiro atoms. The Kier molecular flexibility index (Phi) is 3.08. The fraction of sp³-hybridized carbons (Fsp3) is 0.400. The first-order valence-electron chi connectivity index (χ1n) is 4.02. The maximum absolute atomic E-state index is 2.34. The molecule has 0 aliphatic carbocycles. The third kappa shape index (κ3) is 2.04. The Hall–Kier alpha value is -0.350. The number of aryl methyl sites for hydroxylation is 1. The van der Waals surface area contributed by atoms with E-state index >= 15 is 0 Å². The zero-order valence-electron chi connectivity index (χ0n) is 7.46. The Bertz CT molecular complexity index is 230. The fourth-order valence-corrected chi connectivity index (χ4v) is 2.52. The summed E-state index contributed by atoms with van der Waals surface area (Å²) in [6.45, 7) is 6.81. The van der Waals surface area contributed by atoms with Crippen LogP contribution in [0.2, 0.25) is 0 Å². The van der Waals surface area contributed by atoms with Gasteiger partial charge < -0.3 is 0 Å². The van der Waals surface area contributed by atoms with Crippen LogP contribution in [0, 0.1) is 6.92 Å². The molecule has 1 aromatic rings. The van der Waals surface area contributed by atoms with Gasteiger partial charge in [-0.2, -0.15) is 0 Å². The Labute approximate surface area is 70.4 Å². The van der Waals surface area contributed by atoms with E-state index in [-0.39, 0.29) is 7.92 Å². The second kappa shape index (κ2) is 3.88. The quantitative estimate of drug-likeness (QED) is 0.592. The van der Waals surface area contributed by atoms with Gasteiger partial charge >= 0.3 is 0 Å². The van der Waals surface area contributed by atoms with Gasteiger partial charge in [-0.05, 0) is 30.6 Å². The molecule has 1 unspecified atom stereocenters. The third-order valence-electron chi connectivity index (χ3n) is 2.00. The second-order valence-corrected chi connectivity index (χ2v) is 5.31. The number of rotatable bonds is 2. The van der Waals surface area contributed by atoms with E-state index in [0.717, 1.165) is 0 Å². The van der Waals surface area contributed by atoms with Crippen LogP contribution in [0.25, 0.3) is 0 Å². The molecule has 0 N–H and O–H groups in total. The molecule has 0 aromatic heterocycles. The van der Waals surface area contributed by atoms with E-state index in [1.54, 1.807) is 5.30 Å². The number of benzene rings is 1. The van der Waals surface area contributed by atoms with Gasteiger partial charge in [0.1, 0.15) is 0 Å². The molecule has 1 atom stereocenters. The van der Waals surface area contributed by atoms with Crippen molar-refractivity contribution in [1.29, 1.82) is 0 Å². The molecular formula is C10H15P. The average Bonchev–Trinajstić information content (AvgIpc) is 2.04. The number of hydrogen-bond donors (Lipinski definition) is 0. The molecule has 0 amide bonds. The average molecular weight is 166 g/mol. The second-order valence-electron chi connectivity index (χ2n) is 2.80. The smallest absolute Gasteiger partial charge is 0.0214 e. The Morgan fingerprint density at radius 1 is 1.27 bits per heavy atom. The molecule has 60 valence electrons. The molecule has 1 rings (SSSR count). The van der Waals surface area contributed by atoms with Crippen molar-refractivity contribution in [3.63, 3.8) is 0 Å². The Morgan fingerprint density at radius 3 is 2.45 bits per heavy atom. The van der Waals surface area contributed by atoms with E-state index in [4.69, 9.17) is 0 Å². The predicted molar refractivity (Wildman–Crippen MR) is 54.2 cm³/mol. The third-order valence-corrected chi connectivity index (χ3v) is 4.27. The maximum atomic E-state index is 2.34. The lowest BCUT2D eigenvalue weighted by atomic mass is 10.2. The van der Waals surface area contributed by atoms with E-state index in [0.29, 0.717) is 0 Å². The largest absolute Gasteiger partial charge is 0.0785 e. The molecule has 0 fully saturated rings. The van der Waals surface area contributed by atoms with Gasteiger partial charge in [0.05, 0.1) is 0 Å². The summed E-state index contributed by atoms with van der Waals surface area (Å²) < 4.78 is 0. The zero-order valence-corrected chi connectivity index (χ0v) is 8.36. The van der Waals surface area contributed by atoms with Gasteiger partial charge in [0.2, 0.25) is 0 Å². The molecule has 0 radical (unpaired) electrons. The maximum Gasteiger partial charge on any atom is -0.0214 e. The van der Waals surface area contributed by atoms with Gasteiger partial charge in [-0.3, -0.25) is 0 Å². The molecule has 1 aromatic carbocycles. The number of hydrogen-bond acceptors (Lipinski definition) is 0. The van der Waals surface area contributed by atoms with Gasteiger partial charge in [-0.25, -0.2) is 0 Å². The van der Waals surface area contributed by atoms with Crippen molar-refractivity contribution >= 4 is 13.2 Å². The minimum Gasteiger partial charge on any atom is -0.0785 e. The highest BCUT2D eigenvalue weighted by Gasteiger charge is 2.02. The highest BCUT2D eigenvalue weighted by atomic mass is 31.1. The molecular weight excluding hydrogens is 151 g/mol. The lowest BCUT2D eigenvalue weighted by molar-refractivity contribution is 1.47. The molecule has 0 saturated heterocycles. The summed E-state index contributed by atoms with van der Waals surface area (Å²) in [6, 6.07) is 8.70. The summed E-state index contributed by atoms with van der Waals surface area (Å²) in [5, 5.41) is 1.56. The summed E-state index contributed by atoms with van der Waals surface area (Å²) in [4.78, 5) is 0. The van der Waals surface area contributed by atoms with Crippen molar-refractivity contribution in [2.24, 2.45) is 0 Å². The van der Waals surface area contributed by atoms with Crippen LogP contribution in [0.3, 0.4) is 0 Å². The van der Waals surface area contributed by atoms with E-state index < -0.39 is 0 Å². The van der Waals surface area contributed by atoms with Crippen LogP contribution >= 0.6 is 7.92 Å². The van der Waals surface area contributed by atoms with Gasteiger partial charge in [0.15, 0.2) is 0 Å². The first-order valence-corrected chi connectivity index (χ1v) is 6.00. The van der Waals surface area contributed by atoms with Crippen molar-refractivity contribution in [2.45, 2.75) is 13.8 Å². The Morgan fingerprint density at radius 2 is 1.91 bits per heavy atom. The van der Waals surface area contributed by atoms with Crippen LogP contribution in [-0.2, 0) is 0 Å². The van der Waals surface area contributed by atoms with Crippen LogP contribution in [0.4, 0.5) is 0 Å². The summed E-state index contributed by atoms with van der Waals surface area (Å²) >= 11 is 0. The zero-order chi connectivity index (χ0) is 8.27. The lowest BCUT2D eigenvalue weighted by Crippen LogP contribution is -2.04. The topological polar surface area (TPSA) is 0 Å². The van der Waals surface area contributed by atoms with Crippen LogP contribution in [0.1, 0.15) is 12.5 Å². The highest BCUT2D eigenvalue weighted by Crippen LogP contribution is 2.29. The van der Waals surface area contributed by atoms with Crippen LogP contribution in [0.15, 0.2) is 24.3 Å². The molecule has 0 bridgehead atoms. The van der Waals surface area contributed by atoms with Crippen molar-refractivity contribution in [2.75, 3.05) is 12.8 Å². The first-order chi connectivity index (χ1) is 5.25. The normalized spacial score (nSPS) is 13.0. The Balaban J connectivity index is 2.93. The van der Waals surface area contributed by atoms with Crippen LogP contribution in [0.5, 0.6) is 0 Å². The van der Waals surface area contributed by atoms with Gasteiger partial charge in [0.25, 0.3) is 0 Å². The minimum atomic E-state index is 0.106. The van der Waals surface area contributed by atoms with Gasteiger partial charge in [0, 0.05) is 0 Å². The monoisotopic (exact) mass is 166 g/mol. The minimum absolute atomic E-state index is 0.106.